The molecule has 0 atom stereocenters. The number of hydrogen-bond acceptors (Lipinski definition) is 3. The molecule has 1 aromatic heterocycles. The first kappa shape index (κ1) is 17.4. The SMILES string of the molecule is O=C(NCCc1ccccc1F)N1CCN(Cc2cccnc2)CC1. The molecule has 2 heterocycles. The Hall–Kier alpha value is -2.47. The van der Waals surface area contributed by atoms with E-state index in [1.54, 1.807) is 18.3 Å². The third-order valence-electron chi connectivity index (χ3n) is 4.42. The molecule has 1 saturated heterocycles. The molecule has 0 bridgehead atoms. The van der Waals surface area contributed by atoms with Crippen molar-refractivity contribution in [3.8, 4) is 0 Å². The van der Waals surface area contributed by atoms with Gasteiger partial charge >= 0.3 is 6.03 Å². The fourth-order valence-electron chi connectivity index (χ4n) is 2.98. The van der Waals surface area contributed by atoms with Gasteiger partial charge < -0.3 is 10.2 Å². The number of carbonyl (C=O) groups excluding carboxylic acids is 1. The van der Waals surface area contributed by atoms with E-state index in [4.69, 9.17) is 0 Å². The van der Waals surface area contributed by atoms with Crippen molar-refractivity contribution in [2.75, 3.05) is 32.7 Å². The molecule has 132 valence electrons. The number of pyridine rings is 1. The first-order valence-electron chi connectivity index (χ1n) is 8.60. The number of aromatic nitrogens is 1. The first-order chi connectivity index (χ1) is 12.2. The lowest BCUT2D eigenvalue weighted by molar-refractivity contribution is 0.135. The van der Waals surface area contributed by atoms with E-state index in [1.165, 1.54) is 11.6 Å². The van der Waals surface area contributed by atoms with E-state index in [0.29, 0.717) is 31.6 Å². The van der Waals surface area contributed by atoms with Crippen molar-refractivity contribution in [2.45, 2.75) is 13.0 Å². The molecule has 1 aromatic carbocycles. The summed E-state index contributed by atoms with van der Waals surface area (Å²) in [5.41, 5.74) is 1.81. The minimum atomic E-state index is -0.222. The molecule has 0 saturated carbocycles. The summed E-state index contributed by atoms with van der Waals surface area (Å²) in [6.45, 7) is 4.38. The standard InChI is InChI=1S/C19H23FN4O/c20-18-6-2-1-5-17(18)7-9-22-19(25)24-12-10-23(11-13-24)15-16-4-3-8-21-14-16/h1-6,8,14H,7,9-13,15H2,(H,22,25). The number of halogens is 1. The van der Waals surface area contributed by atoms with Gasteiger partial charge in [-0.25, -0.2) is 9.18 Å². The summed E-state index contributed by atoms with van der Waals surface area (Å²) in [5, 5.41) is 2.88. The van der Waals surface area contributed by atoms with Crippen LogP contribution in [0.25, 0.3) is 0 Å². The Morgan fingerprint density at radius 3 is 2.64 bits per heavy atom. The predicted octanol–water partition coefficient (Wildman–Crippen LogP) is 2.29. The highest BCUT2D eigenvalue weighted by Crippen LogP contribution is 2.08. The molecule has 1 aliphatic heterocycles. The van der Waals surface area contributed by atoms with E-state index in [9.17, 15) is 9.18 Å². The lowest BCUT2D eigenvalue weighted by Gasteiger charge is -2.34. The number of piperazine rings is 1. The molecule has 5 nitrogen and oxygen atoms in total. The maximum absolute atomic E-state index is 13.6. The zero-order chi connectivity index (χ0) is 17.5. The Bertz CT molecular complexity index is 687. The number of hydrogen-bond donors (Lipinski definition) is 1. The summed E-state index contributed by atoms with van der Waals surface area (Å²) in [4.78, 5) is 20.5. The number of carbonyl (C=O) groups is 1. The molecule has 2 amide bonds. The monoisotopic (exact) mass is 342 g/mol. The van der Waals surface area contributed by atoms with Gasteiger partial charge in [-0.2, -0.15) is 0 Å². The van der Waals surface area contributed by atoms with Gasteiger partial charge in [0, 0.05) is 51.7 Å². The molecule has 3 rings (SSSR count). The lowest BCUT2D eigenvalue weighted by atomic mass is 10.1. The summed E-state index contributed by atoms with van der Waals surface area (Å²) >= 11 is 0. The number of rotatable bonds is 5. The molecule has 0 radical (unpaired) electrons. The maximum Gasteiger partial charge on any atom is 0.317 e. The normalized spacial score (nSPS) is 15.2. The van der Waals surface area contributed by atoms with Gasteiger partial charge in [-0.15, -0.1) is 0 Å². The van der Waals surface area contributed by atoms with Crippen LogP contribution in [0.3, 0.4) is 0 Å². The summed E-state index contributed by atoms with van der Waals surface area (Å²) in [6, 6.07) is 10.6. The van der Waals surface area contributed by atoms with Gasteiger partial charge in [-0.1, -0.05) is 24.3 Å². The zero-order valence-corrected chi connectivity index (χ0v) is 14.2. The van der Waals surface area contributed by atoms with Crippen molar-refractivity contribution < 1.29 is 9.18 Å². The van der Waals surface area contributed by atoms with Gasteiger partial charge in [0.15, 0.2) is 0 Å². The quantitative estimate of drug-likeness (QED) is 0.907. The fourth-order valence-corrected chi connectivity index (χ4v) is 2.98. The Morgan fingerprint density at radius 1 is 1.12 bits per heavy atom. The molecule has 0 spiro atoms. The predicted molar refractivity (Wildman–Crippen MR) is 94.6 cm³/mol. The number of amides is 2. The average molecular weight is 342 g/mol. The van der Waals surface area contributed by atoms with Crippen molar-refractivity contribution in [1.29, 1.82) is 0 Å². The molecule has 2 aromatic rings. The molecule has 6 heteroatoms. The number of nitrogens with one attached hydrogen (secondary N) is 1. The second-order valence-corrected chi connectivity index (χ2v) is 6.20. The number of urea groups is 1. The second-order valence-electron chi connectivity index (χ2n) is 6.20. The van der Waals surface area contributed by atoms with Crippen LogP contribution in [0.2, 0.25) is 0 Å². The van der Waals surface area contributed by atoms with Crippen LogP contribution < -0.4 is 5.32 Å². The lowest BCUT2D eigenvalue weighted by Crippen LogP contribution is -2.51. The molecule has 25 heavy (non-hydrogen) atoms. The van der Waals surface area contributed by atoms with Crippen LogP contribution in [0.15, 0.2) is 48.8 Å². The Kier molecular flexibility index (Phi) is 5.95. The molecule has 1 N–H and O–H groups in total. The first-order valence-corrected chi connectivity index (χ1v) is 8.60. The zero-order valence-electron chi connectivity index (χ0n) is 14.2. The van der Waals surface area contributed by atoms with Crippen LogP contribution in [-0.2, 0) is 13.0 Å². The third-order valence-corrected chi connectivity index (χ3v) is 4.42. The van der Waals surface area contributed by atoms with Gasteiger partial charge in [-0.05, 0) is 29.7 Å². The highest BCUT2D eigenvalue weighted by atomic mass is 19.1. The summed E-state index contributed by atoms with van der Waals surface area (Å²) < 4.78 is 13.6. The van der Waals surface area contributed by atoms with Crippen molar-refractivity contribution in [3.63, 3.8) is 0 Å². The van der Waals surface area contributed by atoms with E-state index in [0.717, 1.165) is 19.6 Å². The molecular formula is C19H23FN4O. The van der Waals surface area contributed by atoms with Gasteiger partial charge in [0.25, 0.3) is 0 Å². The van der Waals surface area contributed by atoms with E-state index in [-0.39, 0.29) is 11.8 Å². The van der Waals surface area contributed by atoms with Crippen LogP contribution in [0.1, 0.15) is 11.1 Å². The summed E-state index contributed by atoms with van der Waals surface area (Å²) in [7, 11) is 0. The summed E-state index contributed by atoms with van der Waals surface area (Å²) in [6.07, 6.45) is 4.15. The third kappa shape index (κ3) is 5.00. The maximum atomic E-state index is 13.6. The Morgan fingerprint density at radius 2 is 1.92 bits per heavy atom. The van der Waals surface area contributed by atoms with Crippen LogP contribution in [-0.4, -0.2) is 53.5 Å². The van der Waals surface area contributed by atoms with Crippen molar-refractivity contribution in [3.05, 3.63) is 65.7 Å². The fraction of sp³-hybridized carbons (Fsp3) is 0.368. The van der Waals surface area contributed by atoms with Crippen molar-refractivity contribution >= 4 is 6.03 Å². The Balaban J connectivity index is 1.39. The van der Waals surface area contributed by atoms with Crippen molar-refractivity contribution in [2.24, 2.45) is 0 Å². The van der Waals surface area contributed by atoms with Crippen LogP contribution in [0.5, 0.6) is 0 Å². The molecule has 0 unspecified atom stereocenters. The van der Waals surface area contributed by atoms with Crippen LogP contribution in [0.4, 0.5) is 9.18 Å². The highest BCUT2D eigenvalue weighted by Gasteiger charge is 2.20. The summed E-state index contributed by atoms with van der Waals surface area (Å²) in [5.74, 6) is -0.222. The van der Waals surface area contributed by atoms with Crippen LogP contribution in [0, 0.1) is 5.82 Å². The molecule has 1 aliphatic rings. The smallest absolute Gasteiger partial charge is 0.317 e. The van der Waals surface area contributed by atoms with Gasteiger partial charge in [0.1, 0.15) is 5.82 Å². The minimum absolute atomic E-state index is 0.0719. The van der Waals surface area contributed by atoms with Crippen molar-refractivity contribution in [1.82, 2.24) is 20.1 Å². The molecule has 0 aliphatic carbocycles. The average Bonchev–Trinajstić information content (AvgIpc) is 2.65. The largest absolute Gasteiger partial charge is 0.338 e. The van der Waals surface area contributed by atoms with E-state index < -0.39 is 0 Å². The van der Waals surface area contributed by atoms with Gasteiger partial charge in [-0.3, -0.25) is 9.88 Å². The number of benzene rings is 1. The van der Waals surface area contributed by atoms with E-state index in [1.807, 2.05) is 23.2 Å². The van der Waals surface area contributed by atoms with Crippen LogP contribution >= 0.6 is 0 Å². The minimum Gasteiger partial charge on any atom is -0.338 e. The Labute approximate surface area is 147 Å². The highest BCUT2D eigenvalue weighted by molar-refractivity contribution is 5.74. The molecule has 1 fully saturated rings. The van der Waals surface area contributed by atoms with Gasteiger partial charge in [0.2, 0.25) is 0 Å². The molecular weight excluding hydrogens is 319 g/mol. The number of nitrogens with zero attached hydrogens (tertiary/aromatic N) is 3. The topological polar surface area (TPSA) is 48.5 Å². The second kappa shape index (κ2) is 8.58. The van der Waals surface area contributed by atoms with E-state index >= 15 is 0 Å². The van der Waals surface area contributed by atoms with E-state index in [2.05, 4.69) is 21.3 Å². The van der Waals surface area contributed by atoms with Gasteiger partial charge in [0.05, 0.1) is 0 Å².